The van der Waals surface area contributed by atoms with Crippen LogP contribution in [0.2, 0.25) is 5.02 Å². The average molecular weight is 393 g/mol. The zero-order valence-corrected chi connectivity index (χ0v) is 15.2. The van der Waals surface area contributed by atoms with Crippen LogP contribution in [0.25, 0.3) is 0 Å². The Bertz CT molecular complexity index is 861. The summed E-state index contributed by atoms with van der Waals surface area (Å²) >= 11 is 5.87. The van der Waals surface area contributed by atoms with Gasteiger partial charge in [-0.15, -0.1) is 0 Å². The van der Waals surface area contributed by atoms with Gasteiger partial charge in [-0.05, 0) is 36.8 Å². The van der Waals surface area contributed by atoms with Gasteiger partial charge in [0, 0.05) is 5.02 Å². The number of imide groups is 1. The number of aliphatic hydroxyl groups excluding tert-OH is 1. The highest BCUT2D eigenvalue weighted by Crippen LogP contribution is 2.29. The van der Waals surface area contributed by atoms with Crippen LogP contribution >= 0.6 is 11.6 Å². The van der Waals surface area contributed by atoms with Crippen molar-refractivity contribution in [2.24, 2.45) is 0 Å². The summed E-state index contributed by atoms with van der Waals surface area (Å²) in [5, 5.41) is 13.3. The van der Waals surface area contributed by atoms with Crippen LogP contribution < -0.4 is 10.1 Å². The molecule has 0 aliphatic carbocycles. The van der Waals surface area contributed by atoms with Crippen LogP contribution in [0.3, 0.4) is 0 Å². The van der Waals surface area contributed by atoms with Crippen LogP contribution in [-0.4, -0.2) is 41.2 Å². The van der Waals surface area contributed by atoms with E-state index < -0.39 is 29.4 Å². The summed E-state index contributed by atoms with van der Waals surface area (Å²) in [6.45, 7) is 1.04. The van der Waals surface area contributed by atoms with Crippen molar-refractivity contribution < 1.29 is 23.8 Å². The summed E-state index contributed by atoms with van der Waals surface area (Å²) in [5.41, 5.74) is -0.682. The van der Waals surface area contributed by atoms with E-state index in [1.807, 2.05) is 0 Å². The Morgan fingerprint density at radius 1 is 1.22 bits per heavy atom. The lowest BCUT2D eigenvalue weighted by Crippen LogP contribution is -2.42. The third kappa shape index (κ3) is 3.89. The summed E-state index contributed by atoms with van der Waals surface area (Å²) in [6, 6.07) is 11.7. The minimum Gasteiger partial charge on any atom is -0.488 e. The van der Waals surface area contributed by atoms with Crippen LogP contribution in [-0.2, 0) is 10.3 Å². The van der Waals surface area contributed by atoms with Gasteiger partial charge >= 0.3 is 6.03 Å². The third-order valence-electron chi connectivity index (χ3n) is 4.36. The van der Waals surface area contributed by atoms with E-state index in [0.717, 1.165) is 4.90 Å². The fourth-order valence-corrected chi connectivity index (χ4v) is 2.98. The van der Waals surface area contributed by atoms with Gasteiger partial charge in [0.15, 0.2) is 11.6 Å². The fraction of sp³-hybridized carbons (Fsp3) is 0.263. The Kier molecular flexibility index (Phi) is 5.34. The van der Waals surface area contributed by atoms with E-state index in [1.54, 1.807) is 37.3 Å². The van der Waals surface area contributed by atoms with Crippen molar-refractivity contribution in [1.82, 2.24) is 10.2 Å². The standard InChI is InChI=1S/C19H18ClFN2O4/c1-19(12-6-8-13(20)9-7-12)17(25)23(18(26)22-19)10-14(24)11-27-16-5-3-2-4-15(16)21/h2-9,14,24H,10-11H2,1H3,(H,22,26)/t14-,19-/m1/s1. The summed E-state index contributed by atoms with van der Waals surface area (Å²) in [7, 11) is 0. The van der Waals surface area contributed by atoms with Crippen LogP contribution in [0.15, 0.2) is 48.5 Å². The molecular formula is C19H18ClFN2O4. The molecule has 0 spiro atoms. The van der Waals surface area contributed by atoms with Gasteiger partial charge in [0.25, 0.3) is 5.91 Å². The van der Waals surface area contributed by atoms with Crippen LogP contribution in [0, 0.1) is 5.82 Å². The second-order valence-electron chi connectivity index (χ2n) is 6.37. The van der Waals surface area contributed by atoms with Gasteiger partial charge in [-0.2, -0.15) is 0 Å². The molecule has 2 atom stereocenters. The van der Waals surface area contributed by atoms with Gasteiger partial charge in [-0.3, -0.25) is 9.69 Å². The molecule has 1 saturated heterocycles. The molecule has 1 aliphatic heterocycles. The number of hydrogen-bond acceptors (Lipinski definition) is 4. The average Bonchev–Trinajstić information content (AvgIpc) is 2.85. The molecule has 0 radical (unpaired) electrons. The van der Waals surface area contributed by atoms with E-state index in [4.69, 9.17) is 16.3 Å². The number of amides is 3. The minimum absolute atomic E-state index is 0.0141. The molecular weight excluding hydrogens is 375 g/mol. The molecule has 8 heteroatoms. The lowest BCUT2D eigenvalue weighted by atomic mass is 9.92. The highest BCUT2D eigenvalue weighted by Gasteiger charge is 2.49. The van der Waals surface area contributed by atoms with E-state index in [0.29, 0.717) is 10.6 Å². The molecule has 142 valence electrons. The van der Waals surface area contributed by atoms with Crippen molar-refractivity contribution >= 4 is 23.5 Å². The monoisotopic (exact) mass is 392 g/mol. The van der Waals surface area contributed by atoms with Gasteiger partial charge < -0.3 is 15.2 Å². The molecule has 2 aromatic rings. The van der Waals surface area contributed by atoms with Crippen LogP contribution in [0.5, 0.6) is 5.75 Å². The van der Waals surface area contributed by atoms with Crippen molar-refractivity contribution in [2.45, 2.75) is 18.6 Å². The van der Waals surface area contributed by atoms with Crippen molar-refractivity contribution in [3.8, 4) is 5.75 Å². The number of carbonyl (C=O) groups is 2. The number of β-amino-alcohol motifs (C(OH)–C–C–N with tert-alkyl or cyclic N) is 1. The van der Waals surface area contributed by atoms with Gasteiger partial charge in [0.1, 0.15) is 18.2 Å². The smallest absolute Gasteiger partial charge is 0.325 e. The Morgan fingerprint density at radius 2 is 1.89 bits per heavy atom. The first-order chi connectivity index (χ1) is 12.8. The predicted octanol–water partition coefficient (Wildman–Crippen LogP) is 2.69. The number of urea groups is 1. The minimum atomic E-state index is -1.26. The molecule has 1 heterocycles. The highest BCUT2D eigenvalue weighted by atomic mass is 35.5. The zero-order valence-electron chi connectivity index (χ0n) is 14.5. The zero-order chi connectivity index (χ0) is 19.6. The van der Waals surface area contributed by atoms with Crippen LogP contribution in [0.4, 0.5) is 9.18 Å². The maximum absolute atomic E-state index is 13.5. The number of halogens is 2. The molecule has 1 aliphatic rings. The topological polar surface area (TPSA) is 78.9 Å². The maximum atomic E-state index is 13.5. The lowest BCUT2D eigenvalue weighted by Gasteiger charge is -2.23. The molecule has 3 amide bonds. The molecule has 0 unspecified atom stereocenters. The summed E-state index contributed by atoms with van der Waals surface area (Å²) < 4.78 is 18.8. The number of nitrogens with zero attached hydrogens (tertiary/aromatic N) is 1. The highest BCUT2D eigenvalue weighted by molar-refractivity contribution is 6.30. The number of benzene rings is 2. The molecule has 2 N–H and O–H groups in total. The van der Waals surface area contributed by atoms with Crippen molar-refractivity contribution in [1.29, 1.82) is 0 Å². The third-order valence-corrected chi connectivity index (χ3v) is 4.61. The maximum Gasteiger partial charge on any atom is 0.325 e. The largest absolute Gasteiger partial charge is 0.488 e. The normalized spacial score (nSPS) is 20.5. The van der Waals surface area contributed by atoms with E-state index in [9.17, 15) is 19.1 Å². The molecule has 0 aromatic heterocycles. The van der Waals surface area contributed by atoms with E-state index in [2.05, 4.69) is 5.32 Å². The van der Waals surface area contributed by atoms with Gasteiger partial charge in [-0.25, -0.2) is 9.18 Å². The Labute approximate surface area is 160 Å². The summed E-state index contributed by atoms with van der Waals surface area (Å²) in [5.74, 6) is -1.07. The van der Waals surface area contributed by atoms with E-state index in [-0.39, 0.29) is 18.9 Å². The van der Waals surface area contributed by atoms with Crippen molar-refractivity contribution in [3.63, 3.8) is 0 Å². The second-order valence-corrected chi connectivity index (χ2v) is 6.81. The quantitative estimate of drug-likeness (QED) is 0.741. The summed E-state index contributed by atoms with van der Waals surface area (Å²) in [6.07, 6.45) is -1.17. The molecule has 0 bridgehead atoms. The van der Waals surface area contributed by atoms with Crippen LogP contribution in [0.1, 0.15) is 12.5 Å². The molecule has 1 fully saturated rings. The number of rotatable bonds is 6. The molecule has 2 aromatic carbocycles. The number of ether oxygens (including phenoxy) is 1. The Balaban J connectivity index is 1.66. The van der Waals surface area contributed by atoms with Gasteiger partial charge in [-0.1, -0.05) is 35.9 Å². The lowest BCUT2D eigenvalue weighted by molar-refractivity contribution is -0.132. The molecule has 0 saturated carbocycles. The number of carbonyl (C=O) groups excluding carboxylic acids is 2. The number of para-hydroxylation sites is 1. The SMILES string of the molecule is C[C@]1(c2ccc(Cl)cc2)NC(=O)N(C[C@@H](O)COc2ccccc2F)C1=O. The first-order valence-electron chi connectivity index (χ1n) is 8.27. The molecule has 6 nitrogen and oxygen atoms in total. The van der Waals surface area contributed by atoms with Gasteiger partial charge in [0.2, 0.25) is 0 Å². The van der Waals surface area contributed by atoms with E-state index in [1.165, 1.54) is 18.2 Å². The first-order valence-corrected chi connectivity index (χ1v) is 8.64. The fourth-order valence-electron chi connectivity index (χ4n) is 2.85. The Hall–Kier alpha value is -2.64. The molecule has 27 heavy (non-hydrogen) atoms. The predicted molar refractivity (Wildman–Crippen MR) is 97.0 cm³/mol. The summed E-state index contributed by atoms with van der Waals surface area (Å²) in [4.78, 5) is 26.0. The first kappa shape index (κ1) is 19.1. The number of nitrogens with one attached hydrogen (secondary N) is 1. The number of hydrogen-bond donors (Lipinski definition) is 2. The number of aliphatic hydroxyl groups is 1. The Morgan fingerprint density at radius 3 is 2.56 bits per heavy atom. The van der Waals surface area contributed by atoms with Gasteiger partial charge in [0.05, 0.1) is 6.54 Å². The second kappa shape index (κ2) is 7.54. The van der Waals surface area contributed by atoms with Crippen molar-refractivity contribution in [2.75, 3.05) is 13.2 Å². The molecule has 3 rings (SSSR count). The van der Waals surface area contributed by atoms with Crippen molar-refractivity contribution in [3.05, 3.63) is 64.9 Å². The van der Waals surface area contributed by atoms with E-state index >= 15 is 0 Å².